The van der Waals surface area contributed by atoms with Crippen molar-refractivity contribution in [3.05, 3.63) is 59.8 Å². The Balaban J connectivity index is 2.01. The highest BCUT2D eigenvalue weighted by atomic mass is 16.5. The fourth-order valence-corrected chi connectivity index (χ4v) is 2.59. The molecule has 3 rings (SSSR count). The lowest BCUT2D eigenvalue weighted by Crippen LogP contribution is -2.01. The first-order valence-corrected chi connectivity index (χ1v) is 7.42. The van der Waals surface area contributed by atoms with Crippen LogP contribution < -0.4 is 4.74 Å². The number of aromatic nitrogens is 2. The second-order valence-corrected chi connectivity index (χ2v) is 5.23. The van der Waals surface area contributed by atoms with Crippen molar-refractivity contribution in [2.75, 3.05) is 6.61 Å². The lowest BCUT2D eigenvalue weighted by Gasteiger charge is -2.07. The van der Waals surface area contributed by atoms with Crippen LogP contribution in [0.15, 0.2) is 48.5 Å². The number of hydrogen-bond donors (Lipinski definition) is 0. The molecule has 0 aliphatic heterocycles. The molecule has 0 saturated heterocycles. The van der Waals surface area contributed by atoms with Crippen LogP contribution in [0.1, 0.15) is 24.6 Å². The maximum absolute atomic E-state index is 5.86. The number of nitrogens with zero attached hydrogens (tertiary/aromatic N) is 2. The third kappa shape index (κ3) is 2.77. The van der Waals surface area contributed by atoms with Crippen LogP contribution in [0, 0.1) is 6.92 Å². The minimum absolute atomic E-state index is 0.739. The number of benzene rings is 2. The monoisotopic (exact) mass is 280 g/mol. The molecule has 0 fully saturated rings. The minimum atomic E-state index is 0.739. The topological polar surface area (TPSA) is 27.1 Å². The van der Waals surface area contributed by atoms with Gasteiger partial charge in [-0.2, -0.15) is 5.10 Å². The van der Waals surface area contributed by atoms with Gasteiger partial charge in [-0.3, -0.25) is 4.68 Å². The normalized spacial score (nSPS) is 11.0. The molecule has 108 valence electrons. The first kappa shape index (κ1) is 13.7. The lowest BCUT2D eigenvalue weighted by atomic mass is 10.2. The number of ether oxygens (including phenoxy) is 1. The van der Waals surface area contributed by atoms with Crippen molar-refractivity contribution in [1.82, 2.24) is 9.78 Å². The van der Waals surface area contributed by atoms with Gasteiger partial charge in [0.15, 0.2) is 0 Å². The lowest BCUT2D eigenvalue weighted by molar-refractivity contribution is 0.321. The summed E-state index contributed by atoms with van der Waals surface area (Å²) in [6.45, 7) is 5.68. The summed E-state index contributed by atoms with van der Waals surface area (Å²) in [5, 5.41) is 5.82. The third-order valence-electron chi connectivity index (χ3n) is 3.55. The van der Waals surface area contributed by atoms with E-state index in [0.717, 1.165) is 41.9 Å². The van der Waals surface area contributed by atoms with Gasteiger partial charge in [-0.1, -0.05) is 43.3 Å². The first-order chi connectivity index (χ1) is 10.3. The number of aryl methyl sites for hydroxylation is 1. The Morgan fingerprint density at radius 3 is 2.62 bits per heavy atom. The van der Waals surface area contributed by atoms with Crippen LogP contribution in [-0.2, 0) is 6.54 Å². The van der Waals surface area contributed by atoms with E-state index < -0.39 is 0 Å². The molecule has 0 spiro atoms. The maximum atomic E-state index is 5.86. The molecule has 0 saturated carbocycles. The number of fused-ring (bicyclic) bond motifs is 1. The molecule has 1 aromatic heterocycles. The van der Waals surface area contributed by atoms with Crippen LogP contribution in [-0.4, -0.2) is 16.4 Å². The molecule has 0 unspecified atom stereocenters. The van der Waals surface area contributed by atoms with Crippen molar-refractivity contribution in [3.63, 3.8) is 0 Å². The first-order valence-electron chi connectivity index (χ1n) is 7.42. The summed E-state index contributed by atoms with van der Waals surface area (Å²) in [4.78, 5) is 0. The van der Waals surface area contributed by atoms with Gasteiger partial charge in [0.25, 0.3) is 0 Å². The average molecular weight is 280 g/mol. The van der Waals surface area contributed by atoms with Gasteiger partial charge in [-0.25, -0.2) is 0 Å². The molecule has 3 aromatic rings. The molecule has 0 N–H and O–H groups in total. The van der Waals surface area contributed by atoms with Gasteiger partial charge in [0.2, 0.25) is 0 Å². The summed E-state index contributed by atoms with van der Waals surface area (Å²) in [6, 6.07) is 16.6. The molecule has 21 heavy (non-hydrogen) atoms. The van der Waals surface area contributed by atoms with Crippen LogP contribution in [0.3, 0.4) is 0 Å². The van der Waals surface area contributed by atoms with E-state index in [2.05, 4.69) is 41.9 Å². The van der Waals surface area contributed by atoms with Crippen LogP contribution in [0.25, 0.3) is 10.9 Å². The van der Waals surface area contributed by atoms with Crippen molar-refractivity contribution in [2.45, 2.75) is 26.8 Å². The minimum Gasteiger partial charge on any atom is -0.493 e. The van der Waals surface area contributed by atoms with Crippen LogP contribution in [0.4, 0.5) is 0 Å². The number of rotatable bonds is 5. The molecule has 0 radical (unpaired) electrons. The Morgan fingerprint density at radius 1 is 1.05 bits per heavy atom. The Bertz CT molecular complexity index is 732. The van der Waals surface area contributed by atoms with Crippen molar-refractivity contribution in [1.29, 1.82) is 0 Å². The zero-order valence-electron chi connectivity index (χ0n) is 12.5. The Morgan fingerprint density at radius 2 is 1.86 bits per heavy atom. The van der Waals surface area contributed by atoms with Gasteiger partial charge in [0.05, 0.1) is 29.7 Å². The Kier molecular flexibility index (Phi) is 3.91. The Labute approximate surface area is 125 Å². The quantitative estimate of drug-likeness (QED) is 0.701. The Hall–Kier alpha value is -2.29. The van der Waals surface area contributed by atoms with E-state index in [9.17, 15) is 0 Å². The molecule has 3 heteroatoms. The highest BCUT2D eigenvalue weighted by Crippen LogP contribution is 2.29. The predicted molar refractivity (Wildman–Crippen MR) is 85.8 cm³/mol. The summed E-state index contributed by atoms with van der Waals surface area (Å²) in [6.07, 6.45) is 1.01. The summed E-state index contributed by atoms with van der Waals surface area (Å²) < 4.78 is 7.91. The average Bonchev–Trinajstić information content (AvgIpc) is 2.83. The van der Waals surface area contributed by atoms with Crippen LogP contribution >= 0.6 is 0 Å². The fourth-order valence-electron chi connectivity index (χ4n) is 2.59. The van der Waals surface area contributed by atoms with Gasteiger partial charge >= 0.3 is 0 Å². The molecule has 0 aliphatic carbocycles. The van der Waals surface area contributed by atoms with E-state index >= 15 is 0 Å². The van der Waals surface area contributed by atoms with E-state index in [4.69, 9.17) is 9.84 Å². The fraction of sp³-hybridized carbons (Fsp3) is 0.278. The van der Waals surface area contributed by atoms with E-state index in [1.165, 1.54) is 5.56 Å². The largest absolute Gasteiger partial charge is 0.493 e. The van der Waals surface area contributed by atoms with Crippen molar-refractivity contribution >= 4 is 10.9 Å². The van der Waals surface area contributed by atoms with E-state index in [1.54, 1.807) is 0 Å². The smallest absolute Gasteiger partial charge is 0.130 e. The summed E-state index contributed by atoms with van der Waals surface area (Å²) >= 11 is 0. The predicted octanol–water partition coefficient (Wildman–Crippen LogP) is 4.18. The molecular formula is C18H20N2O. The SMILES string of the molecule is CCCOc1cccc2c1c(C)nn2Cc1ccccc1. The maximum Gasteiger partial charge on any atom is 0.130 e. The molecule has 0 amide bonds. The van der Waals surface area contributed by atoms with Crippen LogP contribution in [0.5, 0.6) is 5.75 Å². The molecule has 0 atom stereocenters. The van der Waals surface area contributed by atoms with Gasteiger partial charge < -0.3 is 4.74 Å². The molecule has 3 nitrogen and oxygen atoms in total. The summed E-state index contributed by atoms with van der Waals surface area (Å²) in [5.41, 5.74) is 3.40. The van der Waals surface area contributed by atoms with Crippen LogP contribution in [0.2, 0.25) is 0 Å². The van der Waals surface area contributed by atoms with E-state index in [0.29, 0.717) is 0 Å². The molecule has 2 aromatic carbocycles. The third-order valence-corrected chi connectivity index (χ3v) is 3.55. The molecule has 1 heterocycles. The standard InChI is InChI=1S/C18H20N2O/c1-3-12-21-17-11-7-10-16-18(17)14(2)19-20(16)13-15-8-5-4-6-9-15/h4-11H,3,12-13H2,1-2H3. The van der Waals surface area contributed by atoms with Gasteiger partial charge in [0.1, 0.15) is 5.75 Å². The molecule has 0 bridgehead atoms. The van der Waals surface area contributed by atoms with E-state index in [-0.39, 0.29) is 0 Å². The number of hydrogen-bond acceptors (Lipinski definition) is 2. The van der Waals surface area contributed by atoms with Gasteiger partial charge in [-0.15, -0.1) is 0 Å². The zero-order chi connectivity index (χ0) is 14.7. The molecule has 0 aliphatic rings. The van der Waals surface area contributed by atoms with Gasteiger partial charge in [-0.05, 0) is 31.0 Å². The zero-order valence-corrected chi connectivity index (χ0v) is 12.5. The van der Waals surface area contributed by atoms with Gasteiger partial charge in [0, 0.05) is 0 Å². The highest BCUT2D eigenvalue weighted by Gasteiger charge is 2.12. The summed E-state index contributed by atoms with van der Waals surface area (Å²) in [7, 11) is 0. The van der Waals surface area contributed by atoms with Crippen molar-refractivity contribution in [3.8, 4) is 5.75 Å². The molecular weight excluding hydrogens is 260 g/mol. The van der Waals surface area contributed by atoms with E-state index in [1.807, 2.05) is 25.1 Å². The summed E-state index contributed by atoms with van der Waals surface area (Å²) in [5.74, 6) is 0.936. The van der Waals surface area contributed by atoms with Crippen molar-refractivity contribution in [2.24, 2.45) is 0 Å². The highest BCUT2D eigenvalue weighted by molar-refractivity contribution is 5.88. The second kappa shape index (κ2) is 6.00. The van der Waals surface area contributed by atoms with Crippen molar-refractivity contribution < 1.29 is 4.74 Å². The second-order valence-electron chi connectivity index (χ2n) is 5.23.